The highest BCUT2D eigenvalue weighted by Gasteiger charge is 2.37. The fourth-order valence-electron chi connectivity index (χ4n) is 3.06. The van der Waals surface area contributed by atoms with Gasteiger partial charge in [-0.3, -0.25) is 0 Å². The topological polar surface area (TPSA) is 69.6 Å². The molecule has 0 bridgehead atoms. The maximum absolute atomic E-state index is 12.2. The highest BCUT2D eigenvalue weighted by atomic mass is 32.2. The maximum atomic E-state index is 12.2. The van der Waals surface area contributed by atoms with Gasteiger partial charge in [0.15, 0.2) is 0 Å². The predicted molar refractivity (Wildman–Crippen MR) is 80.0 cm³/mol. The molecule has 2 heterocycles. The molecule has 6 heteroatoms. The van der Waals surface area contributed by atoms with E-state index in [1.807, 2.05) is 18.7 Å². The Morgan fingerprint density at radius 1 is 1.30 bits per heavy atom. The third-order valence-electron chi connectivity index (χ3n) is 4.20. The second-order valence-electron chi connectivity index (χ2n) is 5.77. The molecule has 114 valence electrons. The molecule has 5 nitrogen and oxygen atoms in total. The fraction of sp³-hybridized carbons (Fsp3) is 0.857. The van der Waals surface area contributed by atoms with Crippen LogP contribution < -0.4 is 5.32 Å². The maximum Gasteiger partial charge on any atom is 0.326 e. The molecule has 3 atom stereocenters. The lowest BCUT2D eigenvalue weighted by Gasteiger charge is -2.37. The van der Waals surface area contributed by atoms with Crippen LogP contribution in [0.1, 0.15) is 39.0 Å². The monoisotopic (exact) mass is 300 g/mol. The van der Waals surface area contributed by atoms with Gasteiger partial charge in [0.05, 0.1) is 0 Å². The van der Waals surface area contributed by atoms with E-state index in [1.54, 1.807) is 0 Å². The number of carbonyl (C=O) groups is 2. The van der Waals surface area contributed by atoms with E-state index >= 15 is 0 Å². The van der Waals surface area contributed by atoms with E-state index in [1.165, 1.54) is 23.5 Å². The summed E-state index contributed by atoms with van der Waals surface area (Å²) < 4.78 is 0. The number of carboxylic acid groups (broad SMARTS) is 1. The van der Waals surface area contributed by atoms with E-state index in [9.17, 15) is 14.7 Å². The molecule has 2 rings (SSSR count). The Kier molecular flexibility index (Phi) is 5.57. The van der Waals surface area contributed by atoms with Crippen LogP contribution in [-0.4, -0.2) is 52.1 Å². The minimum absolute atomic E-state index is 0.0241. The zero-order valence-electron chi connectivity index (χ0n) is 12.0. The van der Waals surface area contributed by atoms with Gasteiger partial charge in [0.1, 0.15) is 6.04 Å². The second-order valence-corrected chi connectivity index (χ2v) is 7.18. The van der Waals surface area contributed by atoms with E-state index in [4.69, 9.17) is 0 Å². The molecule has 0 aromatic rings. The lowest BCUT2D eigenvalue weighted by atomic mass is 9.91. The van der Waals surface area contributed by atoms with Crippen molar-refractivity contribution in [2.24, 2.45) is 5.92 Å². The number of urea groups is 1. The van der Waals surface area contributed by atoms with Gasteiger partial charge in [-0.2, -0.15) is 11.8 Å². The van der Waals surface area contributed by atoms with Crippen LogP contribution >= 0.6 is 11.8 Å². The van der Waals surface area contributed by atoms with Gasteiger partial charge < -0.3 is 15.3 Å². The molecule has 20 heavy (non-hydrogen) atoms. The molecule has 2 aliphatic rings. The number of thioether (sulfide) groups is 1. The summed E-state index contributed by atoms with van der Waals surface area (Å²) in [6, 6.07) is -0.891. The molecule has 2 N–H and O–H groups in total. The minimum atomic E-state index is -0.889. The Morgan fingerprint density at radius 2 is 2.10 bits per heavy atom. The van der Waals surface area contributed by atoms with E-state index in [2.05, 4.69) is 5.32 Å². The van der Waals surface area contributed by atoms with Crippen molar-refractivity contribution in [3.8, 4) is 0 Å². The van der Waals surface area contributed by atoms with Gasteiger partial charge in [0, 0.05) is 18.3 Å². The van der Waals surface area contributed by atoms with Crippen molar-refractivity contribution in [2.75, 3.05) is 18.8 Å². The fourth-order valence-corrected chi connectivity index (χ4v) is 4.30. The van der Waals surface area contributed by atoms with E-state index < -0.39 is 12.0 Å². The molecule has 0 aromatic heterocycles. The summed E-state index contributed by atoms with van der Waals surface area (Å²) in [5.41, 5.74) is 0. The highest BCUT2D eigenvalue weighted by molar-refractivity contribution is 7.99. The molecular weight excluding hydrogens is 276 g/mol. The third-order valence-corrected chi connectivity index (χ3v) is 5.60. The number of rotatable bonds is 3. The molecule has 2 saturated heterocycles. The second kappa shape index (κ2) is 7.20. The van der Waals surface area contributed by atoms with Gasteiger partial charge in [-0.15, -0.1) is 0 Å². The smallest absolute Gasteiger partial charge is 0.326 e. The Morgan fingerprint density at radius 3 is 2.75 bits per heavy atom. The minimum Gasteiger partial charge on any atom is -0.480 e. The molecule has 2 fully saturated rings. The van der Waals surface area contributed by atoms with Crippen LogP contribution in [0.3, 0.4) is 0 Å². The summed E-state index contributed by atoms with van der Waals surface area (Å²) in [5.74, 6) is 0.300. The van der Waals surface area contributed by atoms with Crippen molar-refractivity contribution in [1.82, 2.24) is 10.2 Å². The number of hydrogen-bond acceptors (Lipinski definition) is 3. The molecule has 0 aromatic carbocycles. The van der Waals surface area contributed by atoms with Crippen LogP contribution in [0.5, 0.6) is 0 Å². The number of hydrogen-bond donors (Lipinski definition) is 2. The van der Waals surface area contributed by atoms with Gasteiger partial charge in [-0.05, 0) is 37.4 Å². The van der Waals surface area contributed by atoms with Gasteiger partial charge in [0.2, 0.25) is 0 Å². The van der Waals surface area contributed by atoms with E-state index in [-0.39, 0.29) is 11.9 Å². The van der Waals surface area contributed by atoms with Gasteiger partial charge in [-0.25, -0.2) is 9.59 Å². The van der Waals surface area contributed by atoms with Crippen molar-refractivity contribution < 1.29 is 14.7 Å². The number of amides is 2. The van der Waals surface area contributed by atoms with E-state index in [0.29, 0.717) is 18.3 Å². The highest BCUT2D eigenvalue weighted by Crippen LogP contribution is 2.25. The molecule has 3 unspecified atom stereocenters. The molecule has 2 amide bonds. The Hall–Kier alpha value is -0.910. The summed E-state index contributed by atoms with van der Waals surface area (Å²) in [5, 5.41) is 12.7. The van der Waals surface area contributed by atoms with Crippen molar-refractivity contribution in [3.05, 3.63) is 0 Å². The summed E-state index contributed by atoms with van der Waals surface area (Å²) in [7, 11) is 0. The summed E-state index contributed by atoms with van der Waals surface area (Å²) in [6.45, 7) is 3.11. The Balaban J connectivity index is 1.87. The van der Waals surface area contributed by atoms with Crippen LogP contribution in [0.15, 0.2) is 0 Å². The molecule has 0 aliphatic carbocycles. The van der Waals surface area contributed by atoms with Gasteiger partial charge in [-0.1, -0.05) is 13.3 Å². The average Bonchev–Trinajstić information content (AvgIpc) is 2.45. The number of nitrogens with zero attached hydrogens (tertiary/aromatic N) is 1. The largest absolute Gasteiger partial charge is 0.480 e. The van der Waals surface area contributed by atoms with Crippen LogP contribution in [0.4, 0.5) is 4.79 Å². The number of aliphatic carboxylic acids is 1. The first-order valence-electron chi connectivity index (χ1n) is 7.48. The van der Waals surface area contributed by atoms with E-state index in [0.717, 1.165) is 19.3 Å². The Labute approximate surface area is 124 Å². The van der Waals surface area contributed by atoms with Crippen molar-refractivity contribution >= 4 is 23.8 Å². The summed E-state index contributed by atoms with van der Waals surface area (Å²) in [6.07, 6.45) is 5.39. The standard InChI is InChI=1S/C14H24N2O3S/c1-10-5-4-7-16(12(10)13(17)18)14(19)15-9-11-6-2-3-8-20-11/h10-12H,2-9H2,1H3,(H,15,19)(H,17,18). The first kappa shape index (κ1) is 15.5. The number of carbonyl (C=O) groups excluding carboxylic acids is 1. The average molecular weight is 300 g/mol. The van der Waals surface area contributed by atoms with Crippen LogP contribution in [0.25, 0.3) is 0 Å². The predicted octanol–water partition coefficient (Wildman–Crippen LogP) is 2.17. The molecule has 0 radical (unpaired) electrons. The molecule has 0 saturated carbocycles. The first-order valence-corrected chi connectivity index (χ1v) is 8.53. The Bertz CT molecular complexity index is 358. The zero-order valence-corrected chi connectivity index (χ0v) is 12.8. The van der Waals surface area contributed by atoms with Crippen molar-refractivity contribution in [2.45, 2.75) is 50.3 Å². The lowest BCUT2D eigenvalue weighted by molar-refractivity contribution is -0.145. The third kappa shape index (κ3) is 3.81. The van der Waals surface area contributed by atoms with Crippen LogP contribution in [-0.2, 0) is 4.79 Å². The number of likely N-dealkylation sites (tertiary alicyclic amines) is 1. The number of nitrogens with one attached hydrogen (secondary N) is 1. The lowest BCUT2D eigenvalue weighted by Crippen LogP contribution is -2.55. The molecule has 0 spiro atoms. The normalized spacial score (nSPS) is 30.9. The molecular formula is C14H24N2O3S. The number of piperidine rings is 1. The first-order chi connectivity index (χ1) is 9.59. The zero-order chi connectivity index (χ0) is 14.5. The van der Waals surface area contributed by atoms with Gasteiger partial charge >= 0.3 is 12.0 Å². The quantitative estimate of drug-likeness (QED) is 0.838. The van der Waals surface area contributed by atoms with Crippen LogP contribution in [0.2, 0.25) is 0 Å². The van der Waals surface area contributed by atoms with Crippen molar-refractivity contribution in [1.29, 1.82) is 0 Å². The van der Waals surface area contributed by atoms with Crippen molar-refractivity contribution in [3.63, 3.8) is 0 Å². The SMILES string of the molecule is CC1CCCN(C(=O)NCC2CCCCS2)C1C(=O)O. The van der Waals surface area contributed by atoms with Crippen LogP contribution in [0, 0.1) is 5.92 Å². The number of carboxylic acids is 1. The summed E-state index contributed by atoms with van der Waals surface area (Å²) >= 11 is 1.91. The molecule has 2 aliphatic heterocycles. The summed E-state index contributed by atoms with van der Waals surface area (Å²) in [4.78, 5) is 25.1. The van der Waals surface area contributed by atoms with Gasteiger partial charge in [0.25, 0.3) is 0 Å².